The molecule has 0 radical (unpaired) electrons. The highest BCUT2D eigenvalue weighted by atomic mass is 16.7. The second-order valence-electron chi connectivity index (χ2n) is 13.4. The van der Waals surface area contributed by atoms with Gasteiger partial charge in [0.25, 0.3) is 0 Å². The van der Waals surface area contributed by atoms with Crippen LogP contribution in [0.4, 0.5) is 0 Å². The number of rotatable bonds is 5. The average molecular weight is 524 g/mol. The first-order valence-electron chi connectivity index (χ1n) is 14.2. The summed E-state index contributed by atoms with van der Waals surface area (Å²) in [4.78, 5) is 0. The SMILES string of the molecule is CC(C)c1ccc(-c2ccc(-c3cc(B4OC(C)(C)C(C)(C)O4)cc(B4OC(C)(C)C(C)(C)O4)c3)cc2)cc1. The lowest BCUT2D eigenvalue weighted by Gasteiger charge is -2.32. The van der Waals surface area contributed by atoms with Gasteiger partial charge < -0.3 is 18.6 Å². The van der Waals surface area contributed by atoms with Crippen molar-refractivity contribution in [2.45, 2.75) is 97.6 Å². The molecule has 2 fully saturated rings. The van der Waals surface area contributed by atoms with Crippen LogP contribution >= 0.6 is 0 Å². The summed E-state index contributed by atoms with van der Waals surface area (Å²) in [5, 5.41) is 0. The van der Waals surface area contributed by atoms with Gasteiger partial charge in [0.05, 0.1) is 22.4 Å². The zero-order chi connectivity index (χ0) is 28.4. The summed E-state index contributed by atoms with van der Waals surface area (Å²) in [5.41, 5.74) is 6.18. The Labute approximate surface area is 235 Å². The van der Waals surface area contributed by atoms with E-state index in [4.69, 9.17) is 18.6 Å². The quantitative estimate of drug-likeness (QED) is 0.347. The Kier molecular flexibility index (Phi) is 6.95. The maximum absolute atomic E-state index is 6.44. The van der Waals surface area contributed by atoms with E-state index in [0.717, 1.165) is 22.1 Å². The minimum Gasteiger partial charge on any atom is -0.399 e. The van der Waals surface area contributed by atoms with Gasteiger partial charge >= 0.3 is 14.2 Å². The summed E-state index contributed by atoms with van der Waals surface area (Å²) < 4.78 is 25.8. The van der Waals surface area contributed by atoms with E-state index in [0.29, 0.717) is 5.92 Å². The van der Waals surface area contributed by atoms with Gasteiger partial charge in [-0.05, 0) is 100 Å². The highest BCUT2D eigenvalue weighted by molar-refractivity contribution is 6.66. The van der Waals surface area contributed by atoms with Crippen molar-refractivity contribution in [2.75, 3.05) is 0 Å². The Morgan fingerprint density at radius 3 is 1.10 bits per heavy atom. The van der Waals surface area contributed by atoms with Gasteiger partial charge in [-0.15, -0.1) is 0 Å². The predicted molar refractivity (Wildman–Crippen MR) is 163 cm³/mol. The molecule has 3 aromatic carbocycles. The Morgan fingerprint density at radius 2 is 0.769 bits per heavy atom. The normalized spacial score (nSPS) is 21.1. The third-order valence-electron chi connectivity index (χ3n) is 9.16. The molecular weight excluding hydrogens is 482 g/mol. The van der Waals surface area contributed by atoms with Crippen LogP contribution in [-0.4, -0.2) is 36.6 Å². The fourth-order valence-corrected chi connectivity index (χ4v) is 4.99. The highest BCUT2D eigenvalue weighted by Gasteiger charge is 2.54. The van der Waals surface area contributed by atoms with Gasteiger partial charge in [0.2, 0.25) is 0 Å². The monoisotopic (exact) mass is 524 g/mol. The van der Waals surface area contributed by atoms with E-state index in [-0.39, 0.29) is 0 Å². The molecule has 0 atom stereocenters. The van der Waals surface area contributed by atoms with Crippen LogP contribution in [0.3, 0.4) is 0 Å². The van der Waals surface area contributed by atoms with E-state index in [1.165, 1.54) is 16.7 Å². The molecule has 4 nitrogen and oxygen atoms in total. The molecule has 5 rings (SSSR count). The molecule has 2 aliphatic rings. The molecule has 3 aromatic rings. The Hall–Kier alpha value is -2.37. The minimum atomic E-state index is -0.477. The van der Waals surface area contributed by atoms with Gasteiger partial charge in [0.15, 0.2) is 0 Å². The van der Waals surface area contributed by atoms with Gasteiger partial charge in [-0.2, -0.15) is 0 Å². The summed E-state index contributed by atoms with van der Waals surface area (Å²) in [5.74, 6) is 0.524. The van der Waals surface area contributed by atoms with E-state index >= 15 is 0 Å². The lowest BCUT2D eigenvalue weighted by Crippen LogP contribution is -2.41. The summed E-state index contributed by atoms with van der Waals surface area (Å²) in [6.07, 6.45) is 0. The molecule has 6 heteroatoms. The highest BCUT2D eigenvalue weighted by Crippen LogP contribution is 2.38. The topological polar surface area (TPSA) is 36.9 Å². The van der Waals surface area contributed by atoms with Crippen molar-refractivity contribution in [3.8, 4) is 22.3 Å². The second-order valence-corrected chi connectivity index (χ2v) is 13.4. The molecule has 204 valence electrons. The standard InChI is InChI=1S/C33H42B2O4/c1-22(2)23-11-13-24(14-12-23)25-15-17-26(18-16-25)27-19-28(34-36-30(3,4)31(5,6)37-34)21-29(20-27)35-38-32(7,8)33(9,10)39-35/h11-22H,1-10H3. The molecule has 0 aromatic heterocycles. The van der Waals surface area contributed by atoms with Crippen molar-refractivity contribution in [1.29, 1.82) is 0 Å². The zero-order valence-corrected chi connectivity index (χ0v) is 25.2. The summed E-state index contributed by atoms with van der Waals surface area (Å²) in [6, 6.07) is 24.1. The first-order valence-corrected chi connectivity index (χ1v) is 14.2. The molecule has 0 spiro atoms. The van der Waals surface area contributed by atoms with Crippen molar-refractivity contribution in [1.82, 2.24) is 0 Å². The second kappa shape index (κ2) is 9.62. The molecule has 2 saturated heterocycles. The Morgan fingerprint density at radius 1 is 0.462 bits per heavy atom. The van der Waals surface area contributed by atoms with Crippen LogP contribution in [0, 0.1) is 0 Å². The largest absolute Gasteiger partial charge is 0.494 e. The molecule has 2 heterocycles. The smallest absolute Gasteiger partial charge is 0.399 e. The Balaban J connectivity index is 1.52. The molecule has 0 unspecified atom stereocenters. The maximum Gasteiger partial charge on any atom is 0.494 e. The van der Waals surface area contributed by atoms with E-state index in [2.05, 4.69) is 136 Å². The molecule has 0 saturated carbocycles. The lowest BCUT2D eigenvalue weighted by atomic mass is 9.70. The van der Waals surface area contributed by atoms with Crippen LogP contribution in [0.2, 0.25) is 0 Å². The predicted octanol–water partition coefficient (Wildman–Crippen LogP) is 6.74. The van der Waals surface area contributed by atoms with Crippen LogP contribution in [0.1, 0.15) is 80.7 Å². The third kappa shape index (κ3) is 5.25. The van der Waals surface area contributed by atoms with Crippen LogP contribution in [0.5, 0.6) is 0 Å². The van der Waals surface area contributed by atoms with Gasteiger partial charge in [0, 0.05) is 0 Å². The van der Waals surface area contributed by atoms with E-state index in [1.54, 1.807) is 0 Å². The molecule has 39 heavy (non-hydrogen) atoms. The maximum atomic E-state index is 6.44. The van der Waals surface area contributed by atoms with Crippen LogP contribution in [0.15, 0.2) is 66.7 Å². The fourth-order valence-electron chi connectivity index (χ4n) is 4.99. The zero-order valence-electron chi connectivity index (χ0n) is 25.2. The summed E-state index contributed by atoms with van der Waals surface area (Å²) in [6.45, 7) is 21.1. The first kappa shape index (κ1) is 28.2. The fraction of sp³-hybridized carbons (Fsp3) is 0.455. The van der Waals surface area contributed by atoms with Crippen LogP contribution in [-0.2, 0) is 18.6 Å². The van der Waals surface area contributed by atoms with Crippen molar-refractivity contribution >= 4 is 25.2 Å². The Bertz CT molecular complexity index is 1250. The molecule has 2 aliphatic heterocycles. The molecule has 0 aliphatic carbocycles. The molecule has 0 amide bonds. The van der Waals surface area contributed by atoms with Crippen molar-refractivity contribution in [2.24, 2.45) is 0 Å². The molecule has 0 bridgehead atoms. The third-order valence-corrected chi connectivity index (χ3v) is 9.16. The average Bonchev–Trinajstić information content (AvgIpc) is 3.23. The van der Waals surface area contributed by atoms with E-state index < -0.39 is 36.6 Å². The van der Waals surface area contributed by atoms with Crippen molar-refractivity contribution in [3.05, 3.63) is 72.3 Å². The first-order chi connectivity index (χ1) is 18.1. The molecule has 0 N–H and O–H groups in total. The van der Waals surface area contributed by atoms with Gasteiger partial charge in [-0.1, -0.05) is 80.6 Å². The minimum absolute atomic E-state index is 0.426. The van der Waals surface area contributed by atoms with E-state index in [9.17, 15) is 0 Å². The molecular formula is C33H42B2O4. The number of benzene rings is 3. The number of hydrogen-bond donors (Lipinski definition) is 0. The van der Waals surface area contributed by atoms with Crippen LogP contribution < -0.4 is 10.9 Å². The van der Waals surface area contributed by atoms with Crippen molar-refractivity contribution in [3.63, 3.8) is 0 Å². The van der Waals surface area contributed by atoms with Gasteiger partial charge in [-0.25, -0.2) is 0 Å². The van der Waals surface area contributed by atoms with Crippen LogP contribution in [0.25, 0.3) is 22.3 Å². The lowest BCUT2D eigenvalue weighted by molar-refractivity contribution is 0.00578. The van der Waals surface area contributed by atoms with Gasteiger partial charge in [0.1, 0.15) is 0 Å². The number of hydrogen-bond acceptors (Lipinski definition) is 4. The van der Waals surface area contributed by atoms with Gasteiger partial charge in [-0.3, -0.25) is 0 Å². The summed E-state index contributed by atoms with van der Waals surface area (Å²) in [7, 11) is -0.954. The van der Waals surface area contributed by atoms with Crippen molar-refractivity contribution < 1.29 is 18.6 Å². The summed E-state index contributed by atoms with van der Waals surface area (Å²) >= 11 is 0. The van der Waals surface area contributed by atoms with E-state index in [1.807, 2.05) is 0 Å².